The largest absolute Gasteiger partial charge is 0.412 e. The number of imidazole rings is 1. The van der Waals surface area contributed by atoms with Crippen LogP contribution < -0.4 is 16.1 Å². The van der Waals surface area contributed by atoms with Crippen molar-refractivity contribution in [1.29, 1.82) is 0 Å². The molecular formula is C17H27ClN4O3. The average molecular weight is 371 g/mol. The van der Waals surface area contributed by atoms with Crippen molar-refractivity contribution in [3.8, 4) is 0 Å². The third kappa shape index (κ3) is 4.08. The van der Waals surface area contributed by atoms with Crippen LogP contribution in [0.15, 0.2) is 9.59 Å². The van der Waals surface area contributed by atoms with E-state index in [1.165, 1.54) is 9.30 Å². The van der Waals surface area contributed by atoms with Crippen molar-refractivity contribution in [3.63, 3.8) is 0 Å². The molecule has 2 heterocycles. The fourth-order valence-corrected chi connectivity index (χ4v) is 2.83. The number of unbranched alkanes of at least 4 members (excludes halogenated alkanes) is 2. The molecule has 0 saturated carbocycles. The molecule has 0 aliphatic heterocycles. The summed E-state index contributed by atoms with van der Waals surface area (Å²) in [5, 5.41) is 0. The molecule has 0 aliphatic carbocycles. The first-order chi connectivity index (χ1) is 12.1. The van der Waals surface area contributed by atoms with Crippen LogP contribution in [0, 0.1) is 6.92 Å². The third-order valence-electron chi connectivity index (χ3n) is 4.11. The third-order valence-corrected chi connectivity index (χ3v) is 4.38. The minimum Gasteiger partial charge on any atom is -0.412 e. The minimum absolute atomic E-state index is 0.287. The summed E-state index contributed by atoms with van der Waals surface area (Å²) in [5.74, 6) is 1.03. The summed E-state index contributed by atoms with van der Waals surface area (Å²) in [6, 6.07) is 0. The Labute approximate surface area is 152 Å². The molecule has 0 aliphatic rings. The molecule has 7 nitrogen and oxygen atoms in total. The van der Waals surface area contributed by atoms with Gasteiger partial charge in [-0.1, -0.05) is 26.7 Å². The van der Waals surface area contributed by atoms with E-state index in [0.717, 1.165) is 25.7 Å². The predicted octanol–water partition coefficient (Wildman–Crippen LogP) is 2.33. The zero-order chi connectivity index (χ0) is 18.4. The molecule has 0 fully saturated rings. The number of aromatic nitrogens is 4. The maximum absolute atomic E-state index is 12.9. The fraction of sp³-hybridized carbons (Fsp3) is 0.706. The lowest BCUT2D eigenvalue weighted by Gasteiger charge is -2.12. The van der Waals surface area contributed by atoms with Gasteiger partial charge in [-0.05, 0) is 26.2 Å². The summed E-state index contributed by atoms with van der Waals surface area (Å²) in [4.78, 5) is 35.9. The SMILES string of the molecule is CCCCn1c(=O)c2c(nc(C)n2OCCCCl)n(CCCC)c1=O. The van der Waals surface area contributed by atoms with Crippen LogP contribution in [-0.4, -0.2) is 31.3 Å². The molecule has 0 unspecified atom stereocenters. The number of nitrogens with zero attached hydrogens (tertiary/aromatic N) is 4. The van der Waals surface area contributed by atoms with E-state index in [1.807, 2.05) is 6.92 Å². The quantitative estimate of drug-likeness (QED) is 0.475. The topological polar surface area (TPSA) is 71.0 Å². The summed E-state index contributed by atoms with van der Waals surface area (Å²) < 4.78 is 4.36. The average Bonchev–Trinajstić information content (AvgIpc) is 2.92. The number of rotatable bonds is 10. The number of aryl methyl sites for hydroxylation is 2. The van der Waals surface area contributed by atoms with Crippen LogP contribution in [0.25, 0.3) is 11.2 Å². The molecule has 2 aromatic rings. The summed E-state index contributed by atoms with van der Waals surface area (Å²) in [5.41, 5.74) is 0.107. The summed E-state index contributed by atoms with van der Waals surface area (Å²) >= 11 is 5.70. The lowest BCUT2D eigenvalue weighted by atomic mass is 10.3. The zero-order valence-electron chi connectivity index (χ0n) is 15.3. The van der Waals surface area contributed by atoms with E-state index in [0.29, 0.717) is 49.0 Å². The minimum atomic E-state index is -0.340. The Morgan fingerprint density at radius 1 is 1.04 bits per heavy atom. The number of alkyl halides is 1. The molecular weight excluding hydrogens is 344 g/mol. The highest BCUT2D eigenvalue weighted by Gasteiger charge is 2.20. The van der Waals surface area contributed by atoms with E-state index in [2.05, 4.69) is 11.9 Å². The molecule has 0 amide bonds. The fourth-order valence-electron chi connectivity index (χ4n) is 2.73. The van der Waals surface area contributed by atoms with Crippen molar-refractivity contribution in [2.75, 3.05) is 12.5 Å². The van der Waals surface area contributed by atoms with Gasteiger partial charge >= 0.3 is 5.69 Å². The lowest BCUT2D eigenvalue weighted by Crippen LogP contribution is -2.41. The first-order valence-electron chi connectivity index (χ1n) is 8.98. The van der Waals surface area contributed by atoms with Crippen molar-refractivity contribution >= 4 is 22.8 Å². The Bertz CT molecular complexity index is 822. The van der Waals surface area contributed by atoms with Crippen molar-refractivity contribution < 1.29 is 4.84 Å². The Hall–Kier alpha value is -1.76. The highest BCUT2D eigenvalue weighted by atomic mass is 35.5. The number of hydrogen-bond acceptors (Lipinski definition) is 4. The van der Waals surface area contributed by atoms with Crippen LogP contribution in [0.5, 0.6) is 0 Å². The Morgan fingerprint density at radius 3 is 2.28 bits per heavy atom. The second kappa shape index (κ2) is 9.08. The number of fused-ring (bicyclic) bond motifs is 1. The molecule has 0 spiro atoms. The molecule has 2 rings (SSSR count). The van der Waals surface area contributed by atoms with Crippen molar-refractivity contribution in [2.45, 2.75) is 66.0 Å². The van der Waals surface area contributed by atoms with E-state index in [9.17, 15) is 9.59 Å². The van der Waals surface area contributed by atoms with E-state index >= 15 is 0 Å². The van der Waals surface area contributed by atoms with Gasteiger partial charge in [0.25, 0.3) is 5.56 Å². The maximum Gasteiger partial charge on any atom is 0.332 e. The predicted molar refractivity (Wildman–Crippen MR) is 99.6 cm³/mol. The highest BCUT2D eigenvalue weighted by Crippen LogP contribution is 2.11. The Morgan fingerprint density at radius 2 is 1.68 bits per heavy atom. The number of hydrogen-bond donors (Lipinski definition) is 0. The molecule has 0 N–H and O–H groups in total. The Balaban J connectivity index is 2.66. The molecule has 8 heteroatoms. The van der Waals surface area contributed by atoms with E-state index in [4.69, 9.17) is 16.4 Å². The van der Waals surface area contributed by atoms with Gasteiger partial charge in [-0.3, -0.25) is 13.9 Å². The smallest absolute Gasteiger partial charge is 0.332 e. The molecule has 0 bridgehead atoms. The van der Waals surface area contributed by atoms with Gasteiger partial charge in [0.2, 0.25) is 0 Å². The zero-order valence-corrected chi connectivity index (χ0v) is 16.0. The van der Waals surface area contributed by atoms with Crippen LogP contribution in [-0.2, 0) is 13.1 Å². The molecule has 0 saturated heterocycles. The lowest BCUT2D eigenvalue weighted by molar-refractivity contribution is 0.114. The van der Waals surface area contributed by atoms with Crippen molar-refractivity contribution in [2.24, 2.45) is 0 Å². The van der Waals surface area contributed by atoms with Gasteiger partial charge in [0.1, 0.15) is 12.4 Å². The van der Waals surface area contributed by atoms with Gasteiger partial charge in [-0.15, -0.1) is 11.6 Å². The summed E-state index contributed by atoms with van der Waals surface area (Å²) in [7, 11) is 0. The second-order valence-corrected chi connectivity index (χ2v) is 6.48. The van der Waals surface area contributed by atoms with Crippen LogP contribution in [0.3, 0.4) is 0 Å². The normalized spacial score (nSPS) is 11.4. The highest BCUT2D eigenvalue weighted by molar-refractivity contribution is 6.17. The van der Waals surface area contributed by atoms with Crippen molar-refractivity contribution in [1.82, 2.24) is 18.8 Å². The van der Waals surface area contributed by atoms with Gasteiger partial charge in [-0.2, -0.15) is 4.73 Å². The van der Waals surface area contributed by atoms with E-state index < -0.39 is 0 Å². The molecule has 0 atom stereocenters. The van der Waals surface area contributed by atoms with E-state index in [-0.39, 0.29) is 11.2 Å². The molecule has 25 heavy (non-hydrogen) atoms. The molecule has 0 radical (unpaired) electrons. The van der Waals surface area contributed by atoms with E-state index in [1.54, 1.807) is 11.5 Å². The summed E-state index contributed by atoms with van der Waals surface area (Å²) in [6.07, 6.45) is 4.14. The molecule has 2 aromatic heterocycles. The standard InChI is InChI=1S/C17H27ClN4O3/c1-4-6-10-20-15-14(16(23)21(17(20)24)11-7-5-2)22(13(3)19-15)25-12-8-9-18/h4-12H2,1-3H3. The van der Waals surface area contributed by atoms with Gasteiger partial charge in [0.15, 0.2) is 11.2 Å². The van der Waals surface area contributed by atoms with Gasteiger partial charge < -0.3 is 4.84 Å². The monoisotopic (exact) mass is 370 g/mol. The number of halogens is 1. The van der Waals surface area contributed by atoms with Gasteiger partial charge in [0, 0.05) is 19.0 Å². The summed E-state index contributed by atoms with van der Waals surface area (Å²) in [6.45, 7) is 7.19. The first kappa shape index (κ1) is 19.6. The van der Waals surface area contributed by atoms with Crippen LogP contribution in [0.4, 0.5) is 0 Å². The first-order valence-corrected chi connectivity index (χ1v) is 9.52. The van der Waals surface area contributed by atoms with Crippen LogP contribution >= 0.6 is 11.6 Å². The van der Waals surface area contributed by atoms with Crippen molar-refractivity contribution in [3.05, 3.63) is 26.7 Å². The second-order valence-electron chi connectivity index (χ2n) is 6.10. The molecule has 0 aromatic carbocycles. The van der Waals surface area contributed by atoms with Crippen LogP contribution in [0.1, 0.15) is 51.8 Å². The molecule has 140 valence electrons. The van der Waals surface area contributed by atoms with Crippen LogP contribution in [0.2, 0.25) is 0 Å². The van der Waals surface area contributed by atoms with Gasteiger partial charge in [-0.25, -0.2) is 9.78 Å². The maximum atomic E-state index is 12.9. The van der Waals surface area contributed by atoms with Gasteiger partial charge in [0.05, 0.1) is 0 Å². The Kier molecular flexibility index (Phi) is 7.11.